The van der Waals surface area contributed by atoms with Gasteiger partial charge in [-0.05, 0) is 44.0 Å². The van der Waals surface area contributed by atoms with Gasteiger partial charge in [-0.1, -0.05) is 15.9 Å². The van der Waals surface area contributed by atoms with Gasteiger partial charge < -0.3 is 10.4 Å². The lowest BCUT2D eigenvalue weighted by Gasteiger charge is -2.18. The minimum atomic E-state index is -4.80. The maximum absolute atomic E-state index is 12.5. The number of nitrogens with one attached hydrogen (secondary N) is 1. The number of carboxylic acids is 1. The molecule has 2 N–H and O–H groups in total. The number of halogens is 6. The van der Waals surface area contributed by atoms with Crippen molar-refractivity contribution in [2.75, 3.05) is 11.9 Å². The van der Waals surface area contributed by atoms with Crippen LogP contribution in [-0.4, -0.2) is 23.8 Å². The molecule has 3 nitrogen and oxygen atoms in total. The average Bonchev–Trinajstić information content (AvgIpc) is 2.18. The highest BCUT2D eigenvalue weighted by Crippen LogP contribution is 2.35. The molecule has 1 aromatic carbocycles. The molecule has 0 heterocycles. The molecule has 0 aliphatic rings. The molecule has 1 aromatic rings. The fourth-order valence-corrected chi connectivity index (χ4v) is 3.80. The van der Waals surface area contributed by atoms with Gasteiger partial charge in [-0.15, -0.1) is 0 Å². The summed E-state index contributed by atoms with van der Waals surface area (Å²) in [5, 5.41) is 11.1. The van der Waals surface area contributed by atoms with Crippen LogP contribution in [0.4, 0.5) is 18.9 Å². The van der Waals surface area contributed by atoms with Crippen LogP contribution < -0.4 is 5.32 Å². The average molecular weight is 470 g/mol. The molecular weight excluding hydrogens is 463 g/mol. The Morgan fingerprint density at radius 1 is 1.26 bits per heavy atom. The fourth-order valence-electron chi connectivity index (χ4n) is 1.26. The normalized spacial score (nSPS) is 13.2. The van der Waals surface area contributed by atoms with Crippen molar-refractivity contribution < 1.29 is 23.1 Å². The summed E-state index contributed by atoms with van der Waals surface area (Å²) < 4.78 is 39.2. The first-order chi connectivity index (χ1) is 8.62. The van der Waals surface area contributed by atoms with Crippen LogP contribution in [0.3, 0.4) is 0 Å². The zero-order valence-corrected chi connectivity index (χ0v) is 13.8. The molecular formula is C10H7Br3F3NO2. The molecule has 1 unspecified atom stereocenters. The van der Waals surface area contributed by atoms with E-state index in [2.05, 4.69) is 53.1 Å². The van der Waals surface area contributed by atoms with E-state index in [1.54, 1.807) is 12.1 Å². The maximum atomic E-state index is 12.5. The molecule has 0 saturated carbocycles. The number of carbonyl (C=O) groups is 1. The minimum absolute atomic E-state index is 0.360. The van der Waals surface area contributed by atoms with E-state index in [0.29, 0.717) is 14.6 Å². The molecule has 0 aliphatic carbocycles. The van der Waals surface area contributed by atoms with E-state index in [1.165, 1.54) is 0 Å². The molecule has 0 fully saturated rings. The number of alkyl halides is 3. The van der Waals surface area contributed by atoms with Crippen LogP contribution in [0.25, 0.3) is 0 Å². The summed E-state index contributed by atoms with van der Waals surface area (Å²) >= 11 is 9.59. The first kappa shape index (κ1) is 16.8. The van der Waals surface area contributed by atoms with Gasteiger partial charge >= 0.3 is 12.1 Å². The van der Waals surface area contributed by atoms with Gasteiger partial charge in [0.05, 0.1) is 5.69 Å². The number of rotatable bonds is 4. The molecule has 0 saturated heterocycles. The molecule has 1 atom stereocenters. The van der Waals surface area contributed by atoms with Gasteiger partial charge in [0.2, 0.25) is 0 Å². The quantitative estimate of drug-likeness (QED) is 0.675. The second kappa shape index (κ2) is 6.45. The van der Waals surface area contributed by atoms with Crippen LogP contribution in [0.5, 0.6) is 0 Å². The second-order valence-corrected chi connectivity index (χ2v) is 6.18. The lowest BCUT2D eigenvalue weighted by Crippen LogP contribution is -2.36. The van der Waals surface area contributed by atoms with Crippen molar-refractivity contribution in [1.82, 2.24) is 0 Å². The fraction of sp³-hybridized carbons (Fsp3) is 0.300. The van der Waals surface area contributed by atoms with Gasteiger partial charge in [-0.2, -0.15) is 13.2 Å². The molecule has 106 valence electrons. The highest BCUT2D eigenvalue weighted by Gasteiger charge is 2.44. The third-order valence-corrected chi connectivity index (χ3v) is 3.89. The largest absolute Gasteiger partial charge is 0.481 e. The summed E-state index contributed by atoms with van der Waals surface area (Å²) in [7, 11) is 0. The first-order valence-corrected chi connectivity index (χ1v) is 7.18. The molecule has 0 bridgehead atoms. The summed E-state index contributed by atoms with van der Waals surface area (Å²) in [6.07, 6.45) is -4.80. The number of aliphatic carboxylic acids is 1. The molecule has 0 amide bonds. The Balaban J connectivity index is 2.90. The van der Waals surface area contributed by atoms with E-state index < -0.39 is 24.6 Å². The topological polar surface area (TPSA) is 49.3 Å². The molecule has 0 radical (unpaired) electrons. The highest BCUT2D eigenvalue weighted by molar-refractivity contribution is 9.11. The van der Waals surface area contributed by atoms with E-state index in [4.69, 9.17) is 5.11 Å². The van der Waals surface area contributed by atoms with Crippen molar-refractivity contribution in [3.05, 3.63) is 25.6 Å². The van der Waals surface area contributed by atoms with Crippen LogP contribution in [0.2, 0.25) is 0 Å². The predicted octanol–water partition coefficient (Wildman–Crippen LogP) is 4.65. The van der Waals surface area contributed by atoms with Gasteiger partial charge in [0.1, 0.15) is 0 Å². The predicted molar refractivity (Wildman–Crippen MR) is 75.2 cm³/mol. The number of anilines is 1. The lowest BCUT2D eigenvalue weighted by molar-refractivity contribution is -0.190. The Morgan fingerprint density at radius 3 is 2.11 bits per heavy atom. The SMILES string of the molecule is O=C(O)C(CNc1c(Br)cc(Br)cc1Br)C(F)(F)F. The Hall–Kier alpha value is -0.280. The molecule has 0 aliphatic heterocycles. The van der Waals surface area contributed by atoms with E-state index in [9.17, 15) is 18.0 Å². The summed E-state index contributed by atoms with van der Waals surface area (Å²) in [5.74, 6) is -4.38. The molecule has 19 heavy (non-hydrogen) atoms. The molecule has 9 heteroatoms. The van der Waals surface area contributed by atoms with Crippen molar-refractivity contribution in [1.29, 1.82) is 0 Å². The first-order valence-electron chi connectivity index (χ1n) is 4.81. The zero-order chi connectivity index (χ0) is 14.8. The van der Waals surface area contributed by atoms with E-state index in [-0.39, 0.29) is 0 Å². The van der Waals surface area contributed by atoms with Crippen LogP contribution in [0.15, 0.2) is 25.6 Å². The van der Waals surface area contributed by atoms with Crippen LogP contribution in [0, 0.1) is 5.92 Å². The zero-order valence-electron chi connectivity index (χ0n) is 9.06. The number of carboxylic acid groups (broad SMARTS) is 1. The standard InChI is InChI=1S/C10H7Br3F3NO2/c11-4-1-6(12)8(7(13)2-4)17-3-5(9(18)19)10(14,15)16/h1-2,5,17H,3H2,(H,18,19). The lowest BCUT2D eigenvalue weighted by atomic mass is 10.1. The van der Waals surface area contributed by atoms with Gasteiger partial charge in [0, 0.05) is 20.0 Å². The maximum Gasteiger partial charge on any atom is 0.403 e. The van der Waals surface area contributed by atoms with Gasteiger partial charge in [0.15, 0.2) is 5.92 Å². The van der Waals surface area contributed by atoms with Gasteiger partial charge in [0.25, 0.3) is 0 Å². The minimum Gasteiger partial charge on any atom is -0.481 e. The summed E-state index contributed by atoms with van der Waals surface area (Å²) in [5.41, 5.74) is 0.360. The number of benzene rings is 1. The Morgan fingerprint density at radius 2 is 1.74 bits per heavy atom. The van der Waals surface area contributed by atoms with Crippen molar-refractivity contribution in [2.45, 2.75) is 6.18 Å². The van der Waals surface area contributed by atoms with Crippen molar-refractivity contribution in [3.63, 3.8) is 0 Å². The van der Waals surface area contributed by atoms with Crippen molar-refractivity contribution in [2.24, 2.45) is 5.92 Å². The molecule has 1 rings (SSSR count). The van der Waals surface area contributed by atoms with Crippen molar-refractivity contribution in [3.8, 4) is 0 Å². The summed E-state index contributed by atoms with van der Waals surface area (Å²) in [6.45, 7) is -0.752. The second-order valence-electron chi connectivity index (χ2n) is 3.56. The van der Waals surface area contributed by atoms with Crippen LogP contribution in [-0.2, 0) is 4.79 Å². The highest BCUT2D eigenvalue weighted by atomic mass is 79.9. The van der Waals surface area contributed by atoms with E-state index >= 15 is 0 Å². The Labute approximate surface area is 131 Å². The van der Waals surface area contributed by atoms with Gasteiger partial charge in [-0.3, -0.25) is 4.79 Å². The van der Waals surface area contributed by atoms with Gasteiger partial charge in [-0.25, -0.2) is 0 Å². The Kier molecular flexibility index (Phi) is 5.69. The third kappa shape index (κ3) is 4.64. The Bertz CT molecular complexity index is 470. The summed E-state index contributed by atoms with van der Waals surface area (Å²) in [6, 6.07) is 3.27. The molecule has 0 aromatic heterocycles. The third-order valence-electron chi connectivity index (χ3n) is 2.18. The van der Waals surface area contributed by atoms with Crippen LogP contribution in [0.1, 0.15) is 0 Å². The van der Waals surface area contributed by atoms with E-state index in [0.717, 1.165) is 4.47 Å². The van der Waals surface area contributed by atoms with Crippen molar-refractivity contribution >= 4 is 59.4 Å². The summed E-state index contributed by atoms with van der Waals surface area (Å²) in [4.78, 5) is 10.6. The smallest absolute Gasteiger partial charge is 0.403 e. The molecule has 0 spiro atoms. The number of hydrogen-bond acceptors (Lipinski definition) is 2. The van der Waals surface area contributed by atoms with E-state index in [1.807, 2.05) is 0 Å². The van der Waals surface area contributed by atoms with Crippen LogP contribution >= 0.6 is 47.8 Å². The number of hydrogen-bond donors (Lipinski definition) is 2. The monoisotopic (exact) mass is 467 g/mol.